The van der Waals surface area contributed by atoms with Gasteiger partial charge in [0, 0.05) is 15.7 Å². The van der Waals surface area contributed by atoms with E-state index in [-0.39, 0.29) is 11.0 Å². The first-order valence-corrected chi connectivity index (χ1v) is 7.40. The first-order valence-electron chi connectivity index (χ1n) is 6.20. The van der Waals surface area contributed by atoms with Crippen molar-refractivity contribution >= 4 is 50.5 Å². The van der Waals surface area contributed by atoms with Crippen LogP contribution in [0.3, 0.4) is 0 Å². The minimum atomic E-state index is -0.251. The highest BCUT2D eigenvalue weighted by atomic mass is 79.9. The zero-order valence-corrected chi connectivity index (χ0v) is 13.7. The molecular formula is C15H14BrN3OS. The summed E-state index contributed by atoms with van der Waals surface area (Å²) < 4.78 is 0.773. The van der Waals surface area contributed by atoms with Gasteiger partial charge in [-0.15, -0.1) is 0 Å². The van der Waals surface area contributed by atoms with Crippen LogP contribution in [0.25, 0.3) is 0 Å². The summed E-state index contributed by atoms with van der Waals surface area (Å²) in [6.45, 7) is 1.96. The Bertz CT molecular complexity index is 686. The van der Waals surface area contributed by atoms with Crippen molar-refractivity contribution in [3.63, 3.8) is 0 Å². The number of hydrogen-bond acceptors (Lipinski definition) is 3. The molecule has 1 amide bonds. The third-order valence-corrected chi connectivity index (χ3v) is 3.64. The molecule has 0 atom stereocenters. The van der Waals surface area contributed by atoms with Crippen LogP contribution in [0.15, 0.2) is 46.9 Å². The lowest BCUT2D eigenvalue weighted by Crippen LogP contribution is -2.34. The van der Waals surface area contributed by atoms with Crippen molar-refractivity contribution in [3.8, 4) is 0 Å². The monoisotopic (exact) mass is 363 g/mol. The Morgan fingerprint density at radius 1 is 1.19 bits per heavy atom. The van der Waals surface area contributed by atoms with Crippen molar-refractivity contribution in [3.05, 3.63) is 58.1 Å². The zero-order chi connectivity index (χ0) is 15.4. The Balaban J connectivity index is 2.01. The largest absolute Gasteiger partial charge is 0.399 e. The first kappa shape index (κ1) is 15.5. The van der Waals surface area contributed by atoms with E-state index in [1.807, 2.05) is 19.1 Å². The van der Waals surface area contributed by atoms with E-state index in [1.54, 1.807) is 30.3 Å². The number of nitrogens with one attached hydrogen (secondary N) is 2. The number of rotatable bonds is 2. The molecule has 6 heteroatoms. The van der Waals surface area contributed by atoms with Crippen molar-refractivity contribution in [1.29, 1.82) is 0 Å². The van der Waals surface area contributed by atoms with Gasteiger partial charge in [-0.3, -0.25) is 10.1 Å². The number of amides is 1. The van der Waals surface area contributed by atoms with E-state index >= 15 is 0 Å². The van der Waals surface area contributed by atoms with Gasteiger partial charge in [0.25, 0.3) is 5.91 Å². The number of carbonyl (C=O) groups is 1. The summed E-state index contributed by atoms with van der Waals surface area (Å²) in [4.78, 5) is 12.0. The number of carbonyl (C=O) groups excluding carboxylic acids is 1. The SMILES string of the molecule is Cc1ccc(C(=O)NC(=S)Nc2ccc(N)cc2Br)cc1. The minimum absolute atomic E-state index is 0.228. The molecule has 0 radical (unpaired) electrons. The summed E-state index contributed by atoms with van der Waals surface area (Å²) in [5.41, 5.74) is 8.69. The lowest BCUT2D eigenvalue weighted by atomic mass is 10.1. The zero-order valence-electron chi connectivity index (χ0n) is 11.3. The van der Waals surface area contributed by atoms with Gasteiger partial charge in [-0.25, -0.2) is 0 Å². The second-order valence-corrected chi connectivity index (χ2v) is 5.78. The molecule has 0 fully saturated rings. The molecule has 4 nitrogen and oxygen atoms in total. The van der Waals surface area contributed by atoms with Gasteiger partial charge in [0.15, 0.2) is 5.11 Å². The Hall–Kier alpha value is -1.92. The van der Waals surface area contributed by atoms with Gasteiger partial charge in [-0.2, -0.15) is 0 Å². The van der Waals surface area contributed by atoms with Crippen molar-refractivity contribution < 1.29 is 4.79 Å². The lowest BCUT2D eigenvalue weighted by Gasteiger charge is -2.11. The average molecular weight is 364 g/mol. The van der Waals surface area contributed by atoms with Crippen LogP contribution in [0.4, 0.5) is 11.4 Å². The summed E-state index contributed by atoms with van der Waals surface area (Å²) in [5, 5.41) is 5.81. The molecule has 2 aromatic rings. The maximum absolute atomic E-state index is 12.0. The fraction of sp³-hybridized carbons (Fsp3) is 0.0667. The van der Waals surface area contributed by atoms with Crippen LogP contribution in [0.2, 0.25) is 0 Å². The van der Waals surface area contributed by atoms with E-state index in [1.165, 1.54) is 0 Å². The number of hydrogen-bond donors (Lipinski definition) is 3. The van der Waals surface area contributed by atoms with Gasteiger partial charge < -0.3 is 11.1 Å². The van der Waals surface area contributed by atoms with E-state index < -0.39 is 0 Å². The van der Waals surface area contributed by atoms with E-state index in [4.69, 9.17) is 18.0 Å². The molecule has 108 valence electrons. The van der Waals surface area contributed by atoms with Gasteiger partial charge in [-0.05, 0) is 65.4 Å². The molecule has 0 heterocycles. The van der Waals surface area contributed by atoms with E-state index in [2.05, 4.69) is 26.6 Å². The number of nitrogen functional groups attached to an aromatic ring is 1. The molecule has 21 heavy (non-hydrogen) atoms. The molecule has 0 saturated carbocycles. The predicted molar refractivity (Wildman–Crippen MR) is 93.4 cm³/mol. The Kier molecular flexibility index (Phi) is 4.93. The molecule has 0 aliphatic carbocycles. The number of anilines is 2. The number of thiocarbonyl (C=S) groups is 1. The first-order chi connectivity index (χ1) is 9.95. The minimum Gasteiger partial charge on any atom is -0.399 e. The van der Waals surface area contributed by atoms with Crippen LogP contribution in [-0.2, 0) is 0 Å². The van der Waals surface area contributed by atoms with Gasteiger partial charge in [0.1, 0.15) is 0 Å². The molecule has 4 N–H and O–H groups in total. The quantitative estimate of drug-likeness (QED) is 0.564. The van der Waals surface area contributed by atoms with Crippen LogP contribution in [-0.4, -0.2) is 11.0 Å². The highest BCUT2D eigenvalue weighted by Gasteiger charge is 2.08. The molecule has 2 rings (SSSR count). The van der Waals surface area contributed by atoms with Crippen molar-refractivity contribution in [2.24, 2.45) is 0 Å². The third-order valence-electron chi connectivity index (χ3n) is 2.78. The maximum Gasteiger partial charge on any atom is 0.257 e. The van der Waals surface area contributed by atoms with Gasteiger partial charge >= 0.3 is 0 Å². The van der Waals surface area contributed by atoms with Gasteiger partial charge in [-0.1, -0.05) is 17.7 Å². The van der Waals surface area contributed by atoms with Crippen LogP contribution in [0.1, 0.15) is 15.9 Å². The number of aryl methyl sites for hydroxylation is 1. The highest BCUT2D eigenvalue weighted by molar-refractivity contribution is 9.10. The molecular weight excluding hydrogens is 350 g/mol. The summed E-state index contributed by atoms with van der Waals surface area (Å²) >= 11 is 8.52. The lowest BCUT2D eigenvalue weighted by molar-refractivity contribution is 0.0978. The topological polar surface area (TPSA) is 67.2 Å². The Morgan fingerprint density at radius 3 is 2.48 bits per heavy atom. The fourth-order valence-electron chi connectivity index (χ4n) is 1.67. The normalized spacial score (nSPS) is 10.0. The number of halogens is 1. The second kappa shape index (κ2) is 6.69. The van der Waals surface area contributed by atoms with Gasteiger partial charge in [0.2, 0.25) is 0 Å². The summed E-state index contributed by atoms with van der Waals surface area (Å²) in [6.07, 6.45) is 0. The van der Waals surface area contributed by atoms with E-state index in [0.717, 1.165) is 15.7 Å². The molecule has 0 aromatic heterocycles. The molecule has 0 aliphatic rings. The smallest absolute Gasteiger partial charge is 0.257 e. The molecule has 0 spiro atoms. The standard InChI is InChI=1S/C15H14BrN3OS/c1-9-2-4-10(5-3-9)14(20)19-15(21)18-13-7-6-11(17)8-12(13)16/h2-8H,17H2,1H3,(H2,18,19,20,21). The van der Waals surface area contributed by atoms with Gasteiger partial charge in [0.05, 0.1) is 5.69 Å². The van der Waals surface area contributed by atoms with Crippen molar-refractivity contribution in [2.75, 3.05) is 11.1 Å². The van der Waals surface area contributed by atoms with Crippen molar-refractivity contribution in [1.82, 2.24) is 5.32 Å². The summed E-state index contributed by atoms with van der Waals surface area (Å²) in [7, 11) is 0. The van der Waals surface area contributed by atoms with Crippen LogP contribution in [0.5, 0.6) is 0 Å². The predicted octanol–water partition coefficient (Wildman–Crippen LogP) is 3.47. The van der Waals surface area contributed by atoms with Crippen LogP contribution >= 0.6 is 28.1 Å². The van der Waals surface area contributed by atoms with E-state index in [9.17, 15) is 4.79 Å². The average Bonchev–Trinajstić information content (AvgIpc) is 2.42. The van der Waals surface area contributed by atoms with E-state index in [0.29, 0.717) is 11.3 Å². The Morgan fingerprint density at radius 2 is 1.86 bits per heavy atom. The molecule has 0 unspecified atom stereocenters. The second-order valence-electron chi connectivity index (χ2n) is 4.51. The third kappa shape index (κ3) is 4.27. The molecule has 0 aliphatic heterocycles. The molecule has 0 bridgehead atoms. The number of nitrogens with two attached hydrogens (primary N) is 1. The summed E-state index contributed by atoms with van der Waals surface area (Å²) in [5.74, 6) is -0.251. The van der Waals surface area contributed by atoms with Crippen LogP contribution in [0, 0.1) is 6.92 Å². The highest BCUT2D eigenvalue weighted by Crippen LogP contribution is 2.24. The van der Waals surface area contributed by atoms with Crippen LogP contribution < -0.4 is 16.4 Å². The fourth-order valence-corrected chi connectivity index (χ4v) is 2.36. The number of benzene rings is 2. The maximum atomic E-state index is 12.0. The Labute approximate surface area is 136 Å². The van der Waals surface area contributed by atoms with Crippen molar-refractivity contribution in [2.45, 2.75) is 6.92 Å². The summed E-state index contributed by atoms with van der Waals surface area (Å²) in [6, 6.07) is 12.6. The molecule has 0 saturated heterocycles. The molecule has 2 aromatic carbocycles.